The van der Waals surface area contributed by atoms with E-state index in [-0.39, 0.29) is 12.5 Å². The molecule has 9 nitrogen and oxygen atoms in total. The average Bonchev–Trinajstić information content (AvgIpc) is 3.02. The molecule has 0 amide bonds. The Labute approximate surface area is 164 Å². The smallest absolute Gasteiger partial charge is 0.187 e. The number of hydrogen-bond acceptors (Lipinski definition) is 9. The van der Waals surface area contributed by atoms with Gasteiger partial charge in [-0.3, -0.25) is 0 Å². The third kappa shape index (κ3) is 3.21. The van der Waals surface area contributed by atoms with Gasteiger partial charge in [-0.25, -0.2) is 0 Å². The van der Waals surface area contributed by atoms with Crippen LogP contribution in [0.3, 0.4) is 0 Å². The fourth-order valence-electron chi connectivity index (χ4n) is 5.41. The molecule has 6 N–H and O–H groups in total. The summed E-state index contributed by atoms with van der Waals surface area (Å²) in [5.41, 5.74) is -3.15. The van der Waals surface area contributed by atoms with Gasteiger partial charge in [0.2, 0.25) is 0 Å². The molecule has 2 saturated heterocycles. The summed E-state index contributed by atoms with van der Waals surface area (Å²) >= 11 is 0. The lowest BCUT2D eigenvalue weighted by atomic mass is 9.55. The number of aliphatic hydroxyl groups is 6. The Hall–Kier alpha value is -0.360. The first-order valence-corrected chi connectivity index (χ1v) is 9.92. The minimum Gasteiger partial charge on any atom is -0.394 e. The third-order valence-electron chi connectivity index (χ3n) is 7.01. The molecule has 2 heterocycles. The van der Waals surface area contributed by atoms with Crippen LogP contribution in [-0.4, -0.2) is 97.5 Å². The fourth-order valence-corrected chi connectivity index (χ4v) is 5.41. The Morgan fingerprint density at radius 1 is 1.04 bits per heavy atom. The second-order valence-corrected chi connectivity index (χ2v) is 9.32. The van der Waals surface area contributed by atoms with Crippen molar-refractivity contribution in [1.82, 2.24) is 0 Å². The van der Waals surface area contributed by atoms with Gasteiger partial charge >= 0.3 is 0 Å². The molecule has 3 rings (SSSR count). The van der Waals surface area contributed by atoms with E-state index in [0.717, 1.165) is 6.42 Å². The maximum absolute atomic E-state index is 11.2. The molecule has 10 atom stereocenters. The molecule has 1 spiro atoms. The molecule has 0 aromatic carbocycles. The predicted octanol–water partition coefficient (Wildman–Crippen LogP) is -1.35. The lowest BCUT2D eigenvalue weighted by Crippen LogP contribution is -2.72. The summed E-state index contributed by atoms with van der Waals surface area (Å²) in [4.78, 5) is 0. The van der Waals surface area contributed by atoms with Crippen molar-refractivity contribution in [2.45, 2.75) is 107 Å². The lowest BCUT2D eigenvalue weighted by Gasteiger charge is -2.60. The minimum atomic E-state index is -1.57. The molecule has 0 unspecified atom stereocenters. The van der Waals surface area contributed by atoms with E-state index in [4.69, 9.17) is 14.2 Å². The van der Waals surface area contributed by atoms with Gasteiger partial charge in [-0.05, 0) is 26.7 Å². The van der Waals surface area contributed by atoms with E-state index < -0.39 is 66.1 Å². The summed E-state index contributed by atoms with van der Waals surface area (Å²) in [6.45, 7) is 6.67. The van der Waals surface area contributed by atoms with Crippen LogP contribution >= 0.6 is 0 Å². The molecule has 28 heavy (non-hydrogen) atoms. The molecule has 9 heteroatoms. The molecule has 0 aromatic heterocycles. The van der Waals surface area contributed by atoms with E-state index in [2.05, 4.69) is 0 Å². The normalized spacial score (nSPS) is 54.2. The number of ether oxygens (including phenoxy) is 3. The van der Waals surface area contributed by atoms with Crippen LogP contribution in [0.4, 0.5) is 0 Å². The molecule has 3 fully saturated rings. The van der Waals surface area contributed by atoms with Gasteiger partial charge in [-0.1, -0.05) is 13.8 Å². The minimum absolute atomic E-state index is 0.00520. The molecule has 1 saturated carbocycles. The summed E-state index contributed by atoms with van der Waals surface area (Å²) in [5.74, 6) is 0. The van der Waals surface area contributed by atoms with Crippen molar-refractivity contribution in [3.05, 3.63) is 0 Å². The summed E-state index contributed by atoms with van der Waals surface area (Å²) in [6, 6.07) is 0. The van der Waals surface area contributed by atoms with Crippen molar-refractivity contribution in [3.63, 3.8) is 0 Å². The zero-order valence-corrected chi connectivity index (χ0v) is 16.9. The third-order valence-corrected chi connectivity index (χ3v) is 7.01. The van der Waals surface area contributed by atoms with E-state index >= 15 is 0 Å². The second-order valence-electron chi connectivity index (χ2n) is 9.32. The highest BCUT2D eigenvalue weighted by molar-refractivity contribution is 5.18. The van der Waals surface area contributed by atoms with Crippen LogP contribution in [0, 0.1) is 5.41 Å². The fraction of sp³-hybridized carbons (Fsp3) is 1.00. The van der Waals surface area contributed by atoms with E-state index in [1.54, 1.807) is 6.92 Å². The maximum atomic E-state index is 11.2. The molecular weight excluding hydrogens is 372 g/mol. The summed E-state index contributed by atoms with van der Waals surface area (Å²) in [6.07, 6.45) is -7.79. The second kappa shape index (κ2) is 7.40. The molecule has 0 aromatic rings. The molecule has 3 aliphatic rings. The van der Waals surface area contributed by atoms with E-state index in [0.29, 0.717) is 6.42 Å². The summed E-state index contributed by atoms with van der Waals surface area (Å²) in [5, 5.41) is 61.6. The summed E-state index contributed by atoms with van der Waals surface area (Å²) < 4.78 is 17.6. The van der Waals surface area contributed by atoms with Gasteiger partial charge in [0.15, 0.2) is 6.29 Å². The Kier molecular flexibility index (Phi) is 5.90. The molecule has 1 aliphatic carbocycles. The van der Waals surface area contributed by atoms with E-state index in [1.807, 2.05) is 20.8 Å². The lowest BCUT2D eigenvalue weighted by molar-refractivity contribution is -0.357. The van der Waals surface area contributed by atoms with Gasteiger partial charge in [-0.15, -0.1) is 0 Å². The average molecular weight is 406 g/mol. The van der Waals surface area contributed by atoms with Gasteiger partial charge in [0.05, 0.1) is 30.5 Å². The molecule has 164 valence electrons. The van der Waals surface area contributed by atoms with Crippen LogP contribution in [0.2, 0.25) is 0 Å². The highest BCUT2D eigenvalue weighted by Gasteiger charge is 2.68. The number of aliphatic hydroxyl groups excluding tert-OH is 5. The molecule has 0 radical (unpaired) electrons. The Morgan fingerprint density at radius 2 is 1.68 bits per heavy atom. The van der Waals surface area contributed by atoms with Crippen molar-refractivity contribution in [3.8, 4) is 0 Å². The first-order chi connectivity index (χ1) is 12.9. The Balaban J connectivity index is 1.89. The van der Waals surface area contributed by atoms with Crippen LogP contribution in [0.15, 0.2) is 0 Å². The van der Waals surface area contributed by atoms with E-state index in [1.165, 1.54) is 0 Å². The molecule has 0 bridgehead atoms. The monoisotopic (exact) mass is 406 g/mol. The van der Waals surface area contributed by atoms with Crippen molar-refractivity contribution in [2.24, 2.45) is 5.41 Å². The topological polar surface area (TPSA) is 149 Å². The maximum Gasteiger partial charge on any atom is 0.187 e. The number of rotatable bonds is 3. The Morgan fingerprint density at radius 3 is 2.21 bits per heavy atom. The number of hydrogen-bond donors (Lipinski definition) is 6. The van der Waals surface area contributed by atoms with E-state index in [9.17, 15) is 30.6 Å². The predicted molar refractivity (Wildman–Crippen MR) is 96.2 cm³/mol. The van der Waals surface area contributed by atoms with Gasteiger partial charge in [-0.2, -0.15) is 0 Å². The zero-order chi connectivity index (χ0) is 21.1. The Bertz CT molecular complexity index is 566. The van der Waals surface area contributed by atoms with Crippen molar-refractivity contribution in [1.29, 1.82) is 0 Å². The standard InChI is InChI=1S/C19H34O9/c1-9-5-6-19(28-9)17(2,3)15(10(21)7-18(19,4)25)27-16-14(24)13(23)12(22)11(8-20)26-16/h9-16,20-25H,5-8H2,1-4H3/t9-,10-,11-,12-,13+,14-,15+,16+,18-,19-/m1/s1. The molecular formula is C19H34O9. The van der Waals surface area contributed by atoms with Gasteiger partial charge in [0.1, 0.15) is 30.0 Å². The largest absolute Gasteiger partial charge is 0.394 e. The van der Waals surface area contributed by atoms with Crippen molar-refractivity contribution in [2.75, 3.05) is 6.61 Å². The SMILES string of the molecule is C[C@@H]1CC[C@@]2(O1)C(C)(C)[C@@H](O[C@@H]1O[C@H](CO)[C@@H](O)[C@H](O)[C@H]1O)[C@H](O)C[C@@]2(C)O. The van der Waals surface area contributed by atoms with Crippen LogP contribution in [0.5, 0.6) is 0 Å². The zero-order valence-electron chi connectivity index (χ0n) is 16.9. The first-order valence-electron chi connectivity index (χ1n) is 9.92. The van der Waals surface area contributed by atoms with Gasteiger partial charge in [0, 0.05) is 11.8 Å². The van der Waals surface area contributed by atoms with Crippen molar-refractivity contribution < 1.29 is 44.8 Å². The highest BCUT2D eigenvalue weighted by Crippen LogP contribution is 2.58. The van der Waals surface area contributed by atoms with Crippen molar-refractivity contribution >= 4 is 0 Å². The quantitative estimate of drug-likeness (QED) is 0.334. The van der Waals surface area contributed by atoms with Crippen LogP contribution < -0.4 is 0 Å². The van der Waals surface area contributed by atoms with Crippen LogP contribution in [0.1, 0.15) is 47.0 Å². The highest BCUT2D eigenvalue weighted by atomic mass is 16.7. The first kappa shape index (κ1) is 22.3. The van der Waals surface area contributed by atoms with Gasteiger partial charge < -0.3 is 44.8 Å². The molecule has 2 aliphatic heterocycles. The van der Waals surface area contributed by atoms with Crippen LogP contribution in [0.25, 0.3) is 0 Å². The van der Waals surface area contributed by atoms with Crippen LogP contribution in [-0.2, 0) is 14.2 Å². The van der Waals surface area contributed by atoms with Gasteiger partial charge in [0.25, 0.3) is 0 Å². The summed E-state index contributed by atoms with van der Waals surface area (Å²) in [7, 11) is 0.